The molecule has 16 heavy (non-hydrogen) atoms. The van der Waals surface area contributed by atoms with E-state index in [-0.39, 0.29) is 17.7 Å². The molecule has 0 fully saturated rings. The Kier molecular flexibility index (Phi) is 11.2. The van der Waals surface area contributed by atoms with Gasteiger partial charge < -0.3 is 0 Å². The van der Waals surface area contributed by atoms with E-state index in [0.717, 1.165) is 12.8 Å². The number of hydrogen-bond donors (Lipinski definition) is 0. The third-order valence-electron chi connectivity index (χ3n) is 2.13. The van der Waals surface area contributed by atoms with Gasteiger partial charge >= 0.3 is 0 Å². The molecule has 3 heteroatoms. The Balaban J connectivity index is 0. The largest absolute Gasteiger partial charge is 0.286 e. The first-order chi connectivity index (χ1) is 7.63. The van der Waals surface area contributed by atoms with Crippen molar-refractivity contribution >= 4 is 11.8 Å². The number of nitrogens with zero attached hydrogens (tertiary/aromatic N) is 1. The highest BCUT2D eigenvalue weighted by Gasteiger charge is 2.23. The van der Waals surface area contributed by atoms with Gasteiger partial charge in [-0.15, -0.1) is 0 Å². The Bertz CT molecular complexity index is 230. The van der Waals surface area contributed by atoms with Gasteiger partial charge in [-0.25, -0.2) is 0 Å². The van der Waals surface area contributed by atoms with Crippen LogP contribution in [0.5, 0.6) is 0 Å². The fourth-order valence-electron chi connectivity index (χ4n) is 1.24. The number of rotatable bonds is 1. The highest BCUT2D eigenvalue weighted by Crippen LogP contribution is 2.18. The minimum atomic E-state index is -0.194. The lowest BCUT2D eigenvalue weighted by Crippen LogP contribution is -2.34. The van der Waals surface area contributed by atoms with Crippen molar-refractivity contribution in [3.05, 3.63) is 12.2 Å². The third kappa shape index (κ3) is 5.69. The van der Waals surface area contributed by atoms with Crippen molar-refractivity contribution in [3.8, 4) is 0 Å². The summed E-state index contributed by atoms with van der Waals surface area (Å²) >= 11 is 0. The van der Waals surface area contributed by atoms with Crippen LogP contribution >= 0.6 is 0 Å². The highest BCUT2D eigenvalue weighted by atomic mass is 16.2. The molecule has 1 atom stereocenters. The van der Waals surface area contributed by atoms with E-state index in [1.165, 1.54) is 18.9 Å². The van der Waals surface area contributed by atoms with Crippen LogP contribution in [-0.2, 0) is 9.59 Å². The van der Waals surface area contributed by atoms with Crippen LogP contribution in [0.1, 0.15) is 47.5 Å². The monoisotopic (exact) mass is 227 g/mol. The average molecular weight is 227 g/mol. The molecule has 3 nitrogen and oxygen atoms in total. The van der Waals surface area contributed by atoms with E-state index >= 15 is 0 Å². The summed E-state index contributed by atoms with van der Waals surface area (Å²) in [4.78, 5) is 23.4. The molecular formula is C13H25NO2. The average Bonchev–Trinajstić information content (AvgIpc) is 2.86. The van der Waals surface area contributed by atoms with Gasteiger partial charge in [-0.3, -0.25) is 14.5 Å². The van der Waals surface area contributed by atoms with Crippen molar-refractivity contribution < 1.29 is 9.59 Å². The Labute approximate surface area is 99.5 Å². The minimum absolute atomic E-state index is 0.0705. The molecular weight excluding hydrogens is 202 g/mol. The second-order valence-corrected chi connectivity index (χ2v) is 3.03. The Hall–Kier alpha value is -1.12. The van der Waals surface area contributed by atoms with Crippen molar-refractivity contribution in [2.24, 2.45) is 5.92 Å². The number of imide groups is 1. The van der Waals surface area contributed by atoms with Crippen LogP contribution in [-0.4, -0.2) is 23.8 Å². The molecule has 0 aromatic carbocycles. The second kappa shape index (κ2) is 10.4. The maximum absolute atomic E-state index is 11.4. The zero-order valence-electron chi connectivity index (χ0n) is 11.4. The van der Waals surface area contributed by atoms with E-state index in [2.05, 4.69) is 0 Å². The van der Waals surface area contributed by atoms with E-state index in [0.29, 0.717) is 0 Å². The van der Waals surface area contributed by atoms with E-state index in [4.69, 9.17) is 0 Å². The number of hydrogen-bond acceptors (Lipinski definition) is 2. The number of allylic oxidation sites excluding steroid dienone is 1. The molecule has 1 aliphatic rings. The SMILES string of the molecule is CC.CC.CC(=O)N(C)C(=O)C1C=CCC1. The molecule has 0 radical (unpaired) electrons. The van der Waals surface area contributed by atoms with Gasteiger partial charge in [-0.05, 0) is 12.8 Å². The number of amides is 2. The molecule has 94 valence electrons. The van der Waals surface area contributed by atoms with Crippen LogP contribution in [0, 0.1) is 5.92 Å². The zero-order chi connectivity index (χ0) is 13.1. The standard InChI is InChI=1S/C9H13NO2.2C2H6/c1-7(11)10(2)9(12)8-5-3-4-6-8;2*1-2/h3,5,8H,4,6H2,1-2H3;2*1-2H3. The summed E-state index contributed by atoms with van der Waals surface area (Å²) < 4.78 is 0. The van der Waals surface area contributed by atoms with Crippen molar-refractivity contribution in [3.63, 3.8) is 0 Å². The van der Waals surface area contributed by atoms with Crippen molar-refractivity contribution in [2.45, 2.75) is 47.5 Å². The van der Waals surface area contributed by atoms with Crippen molar-refractivity contribution in [1.82, 2.24) is 4.90 Å². The van der Waals surface area contributed by atoms with Gasteiger partial charge in [0.15, 0.2) is 0 Å². The van der Waals surface area contributed by atoms with Crippen LogP contribution in [0.4, 0.5) is 0 Å². The molecule has 1 rings (SSSR count). The number of carbonyl (C=O) groups is 2. The molecule has 0 bridgehead atoms. The molecule has 1 aliphatic carbocycles. The third-order valence-corrected chi connectivity index (χ3v) is 2.13. The Morgan fingerprint density at radius 2 is 1.69 bits per heavy atom. The summed E-state index contributed by atoms with van der Waals surface area (Å²) in [5, 5.41) is 0. The lowest BCUT2D eigenvalue weighted by molar-refractivity contribution is -0.143. The maximum Gasteiger partial charge on any atom is 0.235 e. The van der Waals surface area contributed by atoms with Gasteiger partial charge in [0.05, 0.1) is 5.92 Å². The molecule has 0 saturated carbocycles. The maximum atomic E-state index is 11.4. The quantitative estimate of drug-likeness (QED) is 0.646. The molecule has 1 unspecified atom stereocenters. The topological polar surface area (TPSA) is 37.4 Å². The first-order valence-electron chi connectivity index (χ1n) is 6.07. The predicted octanol–water partition coefficient (Wildman–Crippen LogP) is 3.01. The van der Waals surface area contributed by atoms with Crippen LogP contribution < -0.4 is 0 Å². The summed E-state index contributed by atoms with van der Waals surface area (Å²) in [6.45, 7) is 9.40. The molecule has 2 amide bonds. The summed E-state index contributed by atoms with van der Waals surface area (Å²) in [5.41, 5.74) is 0. The first-order valence-corrected chi connectivity index (χ1v) is 6.07. The van der Waals surface area contributed by atoms with Crippen LogP contribution in [0.3, 0.4) is 0 Å². The molecule has 0 aliphatic heterocycles. The summed E-state index contributed by atoms with van der Waals surface area (Å²) in [7, 11) is 1.52. The Morgan fingerprint density at radius 1 is 1.19 bits per heavy atom. The first kappa shape index (κ1) is 17.3. The van der Waals surface area contributed by atoms with Gasteiger partial charge in [-0.2, -0.15) is 0 Å². The van der Waals surface area contributed by atoms with Gasteiger partial charge in [0, 0.05) is 14.0 Å². The normalized spacial score (nSPS) is 16.5. The molecule has 0 saturated heterocycles. The smallest absolute Gasteiger partial charge is 0.235 e. The molecule has 0 N–H and O–H groups in total. The lowest BCUT2D eigenvalue weighted by atomic mass is 10.1. The zero-order valence-corrected chi connectivity index (χ0v) is 11.4. The van der Waals surface area contributed by atoms with Gasteiger partial charge in [0.25, 0.3) is 0 Å². The fourth-order valence-corrected chi connectivity index (χ4v) is 1.24. The lowest BCUT2D eigenvalue weighted by Gasteiger charge is -2.16. The molecule has 0 aromatic heterocycles. The molecule has 0 heterocycles. The summed E-state index contributed by atoms with van der Waals surface area (Å²) in [5.74, 6) is -0.351. The number of carbonyl (C=O) groups excluding carboxylic acids is 2. The van der Waals surface area contributed by atoms with Crippen molar-refractivity contribution in [2.75, 3.05) is 7.05 Å². The van der Waals surface area contributed by atoms with Crippen LogP contribution in [0.25, 0.3) is 0 Å². The van der Waals surface area contributed by atoms with Gasteiger partial charge in [0.1, 0.15) is 0 Å². The van der Waals surface area contributed by atoms with Crippen LogP contribution in [0.15, 0.2) is 12.2 Å². The molecule has 0 spiro atoms. The molecule has 0 aromatic rings. The summed E-state index contributed by atoms with van der Waals surface area (Å²) in [6, 6.07) is 0. The van der Waals surface area contributed by atoms with Gasteiger partial charge in [-0.1, -0.05) is 39.8 Å². The van der Waals surface area contributed by atoms with E-state index < -0.39 is 0 Å². The second-order valence-electron chi connectivity index (χ2n) is 3.03. The predicted molar refractivity (Wildman–Crippen MR) is 68.0 cm³/mol. The fraction of sp³-hybridized carbons (Fsp3) is 0.692. The van der Waals surface area contributed by atoms with Crippen LogP contribution in [0.2, 0.25) is 0 Å². The highest BCUT2D eigenvalue weighted by molar-refractivity contribution is 5.95. The Morgan fingerprint density at radius 3 is 2.00 bits per heavy atom. The summed E-state index contributed by atoms with van der Waals surface area (Å²) in [6.07, 6.45) is 5.65. The minimum Gasteiger partial charge on any atom is -0.286 e. The van der Waals surface area contributed by atoms with E-state index in [9.17, 15) is 9.59 Å². The van der Waals surface area contributed by atoms with Crippen molar-refractivity contribution in [1.29, 1.82) is 0 Å². The van der Waals surface area contributed by atoms with E-state index in [1.54, 1.807) is 0 Å². The van der Waals surface area contributed by atoms with Gasteiger partial charge in [0.2, 0.25) is 11.8 Å². The van der Waals surface area contributed by atoms with E-state index in [1.807, 2.05) is 39.8 Å².